The minimum Gasteiger partial charge on any atom is -0.298 e. The van der Waals surface area contributed by atoms with Gasteiger partial charge in [0.05, 0.1) is 11.8 Å². The van der Waals surface area contributed by atoms with Crippen molar-refractivity contribution in [1.82, 2.24) is 0 Å². The fourth-order valence-electron chi connectivity index (χ4n) is 2.44. The number of rotatable bonds is 6. The molecule has 0 spiro atoms. The van der Waals surface area contributed by atoms with Crippen LogP contribution in [0.3, 0.4) is 0 Å². The summed E-state index contributed by atoms with van der Waals surface area (Å²) < 4.78 is 26.5. The van der Waals surface area contributed by atoms with Gasteiger partial charge in [0.2, 0.25) is 0 Å². The zero-order valence-corrected chi connectivity index (χ0v) is 16.9. The number of hydrogen-bond donors (Lipinski definition) is 0. The van der Waals surface area contributed by atoms with Crippen molar-refractivity contribution in [3.63, 3.8) is 0 Å². The van der Waals surface area contributed by atoms with Gasteiger partial charge in [-0.3, -0.25) is 4.79 Å². The lowest BCUT2D eigenvalue weighted by Gasteiger charge is -2.22. The minimum absolute atomic E-state index is 0.147. The summed E-state index contributed by atoms with van der Waals surface area (Å²) in [7, 11) is 0. The lowest BCUT2D eigenvalue weighted by atomic mass is 9.85. The van der Waals surface area contributed by atoms with Gasteiger partial charge in [0, 0.05) is 20.7 Å². The number of halogens is 6. The first-order chi connectivity index (χ1) is 11.4. The Morgan fingerprint density at radius 2 is 1.25 bits per heavy atom. The number of hydrogen-bond acceptors (Lipinski definition) is 1. The van der Waals surface area contributed by atoms with Crippen LogP contribution in [0.15, 0.2) is 36.4 Å². The van der Waals surface area contributed by atoms with Gasteiger partial charge in [-0.2, -0.15) is 0 Å². The molecule has 2 rings (SSSR count). The van der Waals surface area contributed by atoms with E-state index in [1.165, 1.54) is 36.4 Å². The average Bonchev–Trinajstić information content (AvgIpc) is 2.52. The van der Waals surface area contributed by atoms with E-state index in [2.05, 4.69) is 31.9 Å². The summed E-state index contributed by atoms with van der Waals surface area (Å²) in [6.45, 7) is 0. The molecule has 0 aliphatic rings. The summed E-state index contributed by atoms with van der Waals surface area (Å²) in [4.78, 5) is 13.0. The third kappa shape index (κ3) is 4.37. The Morgan fingerprint density at radius 1 is 0.875 bits per heavy atom. The molecule has 0 aromatic heterocycles. The van der Waals surface area contributed by atoms with Crippen LogP contribution in [-0.2, 0) is 4.79 Å². The topological polar surface area (TPSA) is 17.1 Å². The monoisotopic (exact) mass is 498 g/mol. The normalized spacial score (nSPS) is 13.6. The first-order valence-electron chi connectivity index (χ1n) is 6.94. The highest BCUT2D eigenvalue weighted by atomic mass is 79.9. The van der Waals surface area contributed by atoms with E-state index in [9.17, 15) is 13.6 Å². The molecule has 0 fully saturated rings. The van der Waals surface area contributed by atoms with Crippen molar-refractivity contribution in [2.75, 3.05) is 10.7 Å². The highest BCUT2D eigenvalue weighted by Crippen LogP contribution is 2.35. The molecule has 0 aliphatic carbocycles. The molecule has 0 heterocycles. The van der Waals surface area contributed by atoms with Crippen molar-refractivity contribution < 1.29 is 13.6 Å². The molecule has 1 nitrogen and oxygen atoms in total. The van der Waals surface area contributed by atoms with Gasteiger partial charge >= 0.3 is 0 Å². The summed E-state index contributed by atoms with van der Waals surface area (Å²) in [6, 6.07) is 7.87. The zero-order valence-electron chi connectivity index (χ0n) is 12.2. The minimum atomic E-state index is -0.582. The first-order valence-corrected chi connectivity index (χ1v) is 9.94. The maximum absolute atomic E-state index is 13.3. The van der Waals surface area contributed by atoms with Gasteiger partial charge in [0.1, 0.15) is 17.4 Å². The second kappa shape index (κ2) is 8.75. The quantitative estimate of drug-likeness (QED) is 0.414. The van der Waals surface area contributed by atoms with Gasteiger partial charge in [0.25, 0.3) is 0 Å². The molecule has 0 amide bonds. The summed E-state index contributed by atoms with van der Waals surface area (Å²) >= 11 is 18.8. The lowest BCUT2D eigenvalue weighted by Crippen LogP contribution is -2.23. The number of carbonyl (C=O) groups is 1. The maximum Gasteiger partial charge on any atom is 0.149 e. The first kappa shape index (κ1) is 19.8. The largest absolute Gasteiger partial charge is 0.298 e. The molecule has 0 saturated heterocycles. The van der Waals surface area contributed by atoms with Gasteiger partial charge in [-0.1, -0.05) is 67.2 Å². The predicted molar refractivity (Wildman–Crippen MR) is 101 cm³/mol. The van der Waals surface area contributed by atoms with Crippen LogP contribution in [-0.4, -0.2) is 16.4 Å². The molecule has 2 aromatic carbocycles. The van der Waals surface area contributed by atoms with E-state index in [0.717, 1.165) is 0 Å². The Morgan fingerprint density at radius 3 is 1.54 bits per heavy atom. The smallest absolute Gasteiger partial charge is 0.149 e. The Labute approximate surface area is 165 Å². The maximum atomic E-state index is 13.3. The predicted octanol–water partition coefficient (Wildman–Crippen LogP) is 6.50. The number of benzene rings is 2. The fraction of sp³-hybridized carbons (Fsp3) is 0.235. The molecule has 7 heteroatoms. The van der Waals surface area contributed by atoms with E-state index < -0.39 is 23.5 Å². The molecule has 0 saturated carbocycles. The third-order valence-corrected chi connectivity index (χ3v) is 5.62. The van der Waals surface area contributed by atoms with Crippen LogP contribution in [0.2, 0.25) is 10.0 Å². The summed E-state index contributed by atoms with van der Waals surface area (Å²) in [6.07, 6.45) is 0. The molecule has 0 radical (unpaired) electrons. The SMILES string of the molecule is O=C(C(CBr)c1ccc(F)cc1Cl)C(CBr)c1ccc(F)cc1Cl. The van der Waals surface area contributed by atoms with Crippen LogP contribution in [0.5, 0.6) is 0 Å². The van der Waals surface area contributed by atoms with Crippen molar-refractivity contribution in [2.24, 2.45) is 0 Å². The number of Topliss-reactive ketones (excluding diaryl/α,β-unsaturated/α-hetero) is 1. The van der Waals surface area contributed by atoms with Crippen LogP contribution < -0.4 is 0 Å². The van der Waals surface area contributed by atoms with Gasteiger partial charge in [-0.05, 0) is 35.4 Å². The van der Waals surface area contributed by atoms with Crippen molar-refractivity contribution >= 4 is 60.8 Å². The Balaban J connectivity index is 2.41. The van der Waals surface area contributed by atoms with Crippen LogP contribution in [0, 0.1) is 11.6 Å². The molecule has 0 bridgehead atoms. The van der Waals surface area contributed by atoms with Crippen LogP contribution in [0.25, 0.3) is 0 Å². The molecule has 0 N–H and O–H groups in total. The third-order valence-electron chi connectivity index (χ3n) is 3.67. The van der Waals surface area contributed by atoms with Crippen LogP contribution in [0.1, 0.15) is 23.0 Å². The van der Waals surface area contributed by atoms with Crippen LogP contribution >= 0.6 is 55.1 Å². The number of ketones is 1. The lowest BCUT2D eigenvalue weighted by molar-refractivity contribution is -0.121. The van der Waals surface area contributed by atoms with Crippen molar-refractivity contribution in [1.29, 1.82) is 0 Å². The fourth-order valence-corrected chi connectivity index (χ4v) is 4.37. The number of carbonyl (C=O) groups excluding carboxylic acids is 1. The summed E-state index contributed by atoms with van der Waals surface area (Å²) in [5.41, 5.74) is 1.06. The van der Waals surface area contributed by atoms with E-state index in [4.69, 9.17) is 23.2 Å². The van der Waals surface area contributed by atoms with E-state index in [0.29, 0.717) is 21.8 Å². The molecule has 2 atom stereocenters. The standard InChI is InChI=1S/C17H12Br2Cl2F2O/c18-7-13(11-3-1-9(22)5-15(11)20)17(24)14(8-19)12-4-2-10(23)6-16(12)21/h1-6,13-14H,7-8H2. The number of alkyl halides is 2. The second-order valence-corrected chi connectivity index (χ2v) is 7.26. The van der Waals surface area contributed by atoms with Crippen molar-refractivity contribution in [2.45, 2.75) is 11.8 Å². The second-order valence-electron chi connectivity index (χ2n) is 5.15. The average molecular weight is 501 g/mol. The van der Waals surface area contributed by atoms with Gasteiger partial charge < -0.3 is 0 Å². The van der Waals surface area contributed by atoms with Crippen molar-refractivity contribution in [3.8, 4) is 0 Å². The molecule has 0 aliphatic heterocycles. The van der Waals surface area contributed by atoms with Gasteiger partial charge in [-0.25, -0.2) is 8.78 Å². The zero-order chi connectivity index (χ0) is 17.9. The van der Waals surface area contributed by atoms with E-state index in [1.807, 2.05) is 0 Å². The van der Waals surface area contributed by atoms with Crippen LogP contribution in [0.4, 0.5) is 8.78 Å². The molecular weight excluding hydrogens is 489 g/mol. The molecule has 2 aromatic rings. The van der Waals surface area contributed by atoms with E-state index >= 15 is 0 Å². The molecular formula is C17H12Br2Cl2F2O. The Kier molecular flexibility index (Phi) is 7.23. The highest BCUT2D eigenvalue weighted by molar-refractivity contribution is 9.09. The van der Waals surface area contributed by atoms with Crippen molar-refractivity contribution in [3.05, 3.63) is 69.2 Å². The molecule has 128 valence electrons. The molecule has 24 heavy (non-hydrogen) atoms. The highest BCUT2D eigenvalue weighted by Gasteiger charge is 2.30. The van der Waals surface area contributed by atoms with Gasteiger partial charge in [0.15, 0.2) is 0 Å². The van der Waals surface area contributed by atoms with E-state index in [-0.39, 0.29) is 15.8 Å². The summed E-state index contributed by atoms with van der Waals surface area (Å²) in [5.74, 6) is -2.25. The van der Waals surface area contributed by atoms with Gasteiger partial charge in [-0.15, -0.1) is 0 Å². The van der Waals surface area contributed by atoms with E-state index in [1.54, 1.807) is 0 Å². The molecule has 2 unspecified atom stereocenters. The summed E-state index contributed by atoms with van der Waals surface area (Å²) in [5, 5.41) is 1.01. The Hall–Kier alpha value is -0.490. The Bertz CT molecular complexity index is 694.